The maximum Gasteiger partial charge on any atom is 0.0695 e. The first-order valence-corrected chi connectivity index (χ1v) is 8.67. The monoisotopic (exact) mass is 321 g/mol. The molecule has 0 bridgehead atoms. The molecule has 24 heavy (non-hydrogen) atoms. The van der Waals surface area contributed by atoms with Crippen molar-refractivity contribution in [1.82, 2.24) is 25.3 Å². The van der Waals surface area contributed by atoms with E-state index in [0.29, 0.717) is 5.92 Å². The molecule has 2 N–H and O–H groups in total. The summed E-state index contributed by atoms with van der Waals surface area (Å²) >= 11 is 0. The predicted molar refractivity (Wildman–Crippen MR) is 94.3 cm³/mol. The molecule has 0 radical (unpaired) electrons. The second-order valence-electron chi connectivity index (χ2n) is 6.67. The average molecular weight is 321 g/mol. The first kappa shape index (κ1) is 15.1. The van der Waals surface area contributed by atoms with E-state index in [0.717, 1.165) is 25.2 Å². The number of H-pyrrole nitrogens is 2. The number of hydrogen-bond donors (Lipinski definition) is 2. The molecule has 1 aromatic carbocycles. The molecule has 0 aliphatic carbocycles. The van der Waals surface area contributed by atoms with Crippen LogP contribution in [0.4, 0.5) is 0 Å². The summed E-state index contributed by atoms with van der Waals surface area (Å²) < 4.78 is 0. The van der Waals surface area contributed by atoms with Crippen molar-refractivity contribution in [2.45, 2.75) is 25.8 Å². The van der Waals surface area contributed by atoms with E-state index in [9.17, 15) is 0 Å². The van der Waals surface area contributed by atoms with Crippen molar-refractivity contribution in [1.29, 1.82) is 0 Å². The number of hydrogen-bond acceptors (Lipinski definition) is 3. The van der Waals surface area contributed by atoms with Crippen LogP contribution in [0.15, 0.2) is 48.8 Å². The zero-order valence-electron chi connectivity index (χ0n) is 13.8. The Bertz CT molecular complexity index is 747. The van der Waals surface area contributed by atoms with Gasteiger partial charge in [-0.05, 0) is 43.4 Å². The fourth-order valence-corrected chi connectivity index (χ4v) is 3.70. The lowest BCUT2D eigenvalue weighted by Gasteiger charge is -2.32. The second kappa shape index (κ2) is 7.01. The fourth-order valence-electron chi connectivity index (χ4n) is 3.70. The van der Waals surface area contributed by atoms with Crippen LogP contribution in [0.25, 0.3) is 11.3 Å². The molecule has 0 amide bonds. The third kappa shape index (κ3) is 3.41. The van der Waals surface area contributed by atoms with E-state index in [4.69, 9.17) is 0 Å². The van der Waals surface area contributed by atoms with E-state index in [-0.39, 0.29) is 0 Å². The van der Waals surface area contributed by atoms with Gasteiger partial charge in [0.25, 0.3) is 0 Å². The molecule has 1 aliphatic rings. The quantitative estimate of drug-likeness (QED) is 0.758. The van der Waals surface area contributed by atoms with Gasteiger partial charge >= 0.3 is 0 Å². The molecule has 1 unspecified atom stereocenters. The Morgan fingerprint density at radius 3 is 2.83 bits per heavy atom. The van der Waals surface area contributed by atoms with E-state index >= 15 is 0 Å². The highest BCUT2D eigenvalue weighted by Crippen LogP contribution is 2.25. The molecular weight excluding hydrogens is 298 g/mol. The van der Waals surface area contributed by atoms with Gasteiger partial charge in [0.2, 0.25) is 0 Å². The Morgan fingerprint density at radius 2 is 2.00 bits per heavy atom. The largest absolute Gasteiger partial charge is 0.299 e. The second-order valence-corrected chi connectivity index (χ2v) is 6.67. The van der Waals surface area contributed by atoms with Gasteiger partial charge in [0, 0.05) is 30.5 Å². The predicted octanol–water partition coefficient (Wildman–Crippen LogP) is 3.25. The van der Waals surface area contributed by atoms with Crippen LogP contribution < -0.4 is 0 Å². The van der Waals surface area contributed by atoms with Gasteiger partial charge < -0.3 is 0 Å². The van der Waals surface area contributed by atoms with E-state index < -0.39 is 0 Å². The van der Waals surface area contributed by atoms with Crippen LogP contribution in [0.3, 0.4) is 0 Å². The lowest BCUT2D eigenvalue weighted by atomic mass is 9.93. The Hall–Kier alpha value is -2.40. The maximum absolute atomic E-state index is 4.28. The van der Waals surface area contributed by atoms with Crippen molar-refractivity contribution >= 4 is 0 Å². The average Bonchev–Trinajstić information content (AvgIpc) is 3.28. The molecule has 1 fully saturated rings. The minimum Gasteiger partial charge on any atom is -0.299 e. The van der Waals surface area contributed by atoms with Crippen LogP contribution in [-0.4, -0.2) is 38.4 Å². The number of nitrogens with one attached hydrogen (secondary N) is 2. The van der Waals surface area contributed by atoms with E-state index in [1.165, 1.54) is 36.2 Å². The summed E-state index contributed by atoms with van der Waals surface area (Å²) in [5, 5.41) is 14.6. The standard InChI is InChI=1S/C19H23N5/c1-2-6-16(7-3-1)19-17(12-21-23-19)14-24-10-4-5-15(13-24)11-18-8-9-20-22-18/h1-3,6-9,12,15H,4-5,10-11,13-14H2,(H,20,22)(H,21,23). The van der Waals surface area contributed by atoms with Crippen molar-refractivity contribution in [2.75, 3.05) is 13.1 Å². The van der Waals surface area contributed by atoms with Gasteiger partial charge in [-0.15, -0.1) is 0 Å². The van der Waals surface area contributed by atoms with Gasteiger partial charge in [-0.3, -0.25) is 15.1 Å². The highest BCUT2D eigenvalue weighted by atomic mass is 15.2. The van der Waals surface area contributed by atoms with Crippen molar-refractivity contribution in [3.63, 3.8) is 0 Å². The van der Waals surface area contributed by atoms with Gasteiger partial charge in [0.1, 0.15) is 0 Å². The highest BCUT2D eigenvalue weighted by molar-refractivity contribution is 5.62. The SMILES string of the molecule is c1ccc(-c2[nH]ncc2CN2CCCC(Cc3ccn[nH]3)C2)cc1. The third-order valence-electron chi connectivity index (χ3n) is 4.84. The molecule has 3 heterocycles. The number of likely N-dealkylation sites (tertiary alicyclic amines) is 1. The van der Waals surface area contributed by atoms with E-state index in [2.05, 4.69) is 55.6 Å². The summed E-state index contributed by atoms with van der Waals surface area (Å²) in [5.74, 6) is 0.700. The summed E-state index contributed by atoms with van der Waals surface area (Å²) in [6, 6.07) is 12.5. The van der Waals surface area contributed by atoms with Crippen molar-refractivity contribution in [3.05, 3.63) is 60.0 Å². The first-order chi connectivity index (χ1) is 11.9. The molecule has 1 aliphatic heterocycles. The lowest BCUT2D eigenvalue weighted by Crippen LogP contribution is -2.35. The lowest BCUT2D eigenvalue weighted by molar-refractivity contribution is 0.166. The fraction of sp³-hybridized carbons (Fsp3) is 0.368. The van der Waals surface area contributed by atoms with Gasteiger partial charge in [-0.1, -0.05) is 30.3 Å². The van der Waals surface area contributed by atoms with Crippen LogP contribution in [0.1, 0.15) is 24.1 Å². The normalized spacial score (nSPS) is 18.8. The van der Waals surface area contributed by atoms with Gasteiger partial charge in [-0.2, -0.15) is 10.2 Å². The molecule has 4 rings (SSSR count). The van der Waals surface area contributed by atoms with Gasteiger partial charge in [0.15, 0.2) is 0 Å². The molecule has 2 aromatic heterocycles. The molecule has 5 heteroatoms. The number of aromatic amines is 2. The summed E-state index contributed by atoms with van der Waals surface area (Å²) in [4.78, 5) is 2.56. The highest BCUT2D eigenvalue weighted by Gasteiger charge is 2.22. The summed E-state index contributed by atoms with van der Waals surface area (Å²) in [6.07, 6.45) is 7.46. The molecule has 5 nitrogen and oxygen atoms in total. The van der Waals surface area contributed by atoms with Crippen LogP contribution in [0.5, 0.6) is 0 Å². The van der Waals surface area contributed by atoms with Gasteiger partial charge in [-0.25, -0.2) is 0 Å². The number of rotatable bonds is 5. The molecular formula is C19H23N5. The minimum absolute atomic E-state index is 0.700. The summed E-state index contributed by atoms with van der Waals surface area (Å²) in [7, 11) is 0. The maximum atomic E-state index is 4.28. The van der Waals surface area contributed by atoms with E-state index in [1.807, 2.05) is 18.5 Å². The molecule has 124 valence electrons. The molecule has 1 atom stereocenters. The minimum atomic E-state index is 0.700. The Labute approximate surface area is 142 Å². The third-order valence-corrected chi connectivity index (χ3v) is 4.84. The summed E-state index contributed by atoms with van der Waals surface area (Å²) in [5.41, 5.74) is 4.88. The van der Waals surface area contributed by atoms with Crippen LogP contribution in [0, 0.1) is 5.92 Å². The smallest absolute Gasteiger partial charge is 0.0695 e. The molecule has 1 saturated heterocycles. The zero-order valence-corrected chi connectivity index (χ0v) is 13.8. The van der Waals surface area contributed by atoms with E-state index in [1.54, 1.807) is 0 Å². The van der Waals surface area contributed by atoms with Crippen molar-refractivity contribution in [2.24, 2.45) is 5.92 Å². The van der Waals surface area contributed by atoms with Crippen LogP contribution in [0.2, 0.25) is 0 Å². The molecule has 0 saturated carbocycles. The van der Waals surface area contributed by atoms with Gasteiger partial charge in [0.05, 0.1) is 11.9 Å². The number of piperidine rings is 1. The first-order valence-electron chi connectivity index (χ1n) is 8.67. The Kier molecular flexibility index (Phi) is 4.42. The number of nitrogens with zero attached hydrogens (tertiary/aromatic N) is 3. The number of benzene rings is 1. The van der Waals surface area contributed by atoms with Crippen molar-refractivity contribution < 1.29 is 0 Å². The summed E-state index contributed by atoms with van der Waals surface area (Å²) in [6.45, 7) is 3.26. The van der Waals surface area contributed by atoms with Crippen LogP contribution in [-0.2, 0) is 13.0 Å². The topological polar surface area (TPSA) is 60.6 Å². The van der Waals surface area contributed by atoms with Crippen molar-refractivity contribution in [3.8, 4) is 11.3 Å². The Balaban J connectivity index is 1.43. The van der Waals surface area contributed by atoms with Crippen LogP contribution >= 0.6 is 0 Å². The Morgan fingerprint density at radius 1 is 1.08 bits per heavy atom. The molecule has 3 aromatic rings. The molecule has 0 spiro atoms. The zero-order chi connectivity index (χ0) is 16.2. The number of aromatic nitrogens is 4.